The minimum absolute atomic E-state index is 0.0356. The van der Waals surface area contributed by atoms with Gasteiger partial charge in [0, 0.05) is 23.8 Å². The monoisotopic (exact) mass is 419 g/mol. The maximum atomic E-state index is 13.1. The van der Waals surface area contributed by atoms with Crippen molar-refractivity contribution < 1.29 is 23.8 Å². The van der Waals surface area contributed by atoms with Crippen LogP contribution in [-0.4, -0.2) is 30.5 Å². The summed E-state index contributed by atoms with van der Waals surface area (Å²) in [4.78, 5) is 14.0. The number of benzene rings is 1. The zero-order valence-electron chi connectivity index (χ0n) is 16.3. The molecular weight excluding hydrogens is 393 g/mol. The molecular formula is C22H26FNO4S. The first-order chi connectivity index (χ1) is 14.1. The molecule has 1 aromatic heterocycles. The summed E-state index contributed by atoms with van der Waals surface area (Å²) < 4.78 is 24.8. The summed E-state index contributed by atoms with van der Waals surface area (Å²) in [5.41, 5.74) is 0.808. The number of allylic oxidation sites excluding steroid dienone is 1. The van der Waals surface area contributed by atoms with Gasteiger partial charge in [-0.15, -0.1) is 11.3 Å². The Balaban J connectivity index is 1.68. The van der Waals surface area contributed by atoms with Crippen LogP contribution in [0.2, 0.25) is 0 Å². The van der Waals surface area contributed by atoms with Crippen LogP contribution in [0.15, 0.2) is 53.6 Å². The van der Waals surface area contributed by atoms with Crippen molar-refractivity contribution in [3.05, 3.63) is 69.9 Å². The number of hydrogen-bond acceptors (Lipinski definition) is 5. The normalized spacial score (nSPS) is 19.9. The van der Waals surface area contributed by atoms with E-state index in [1.807, 2.05) is 30.5 Å². The van der Waals surface area contributed by atoms with Crippen molar-refractivity contribution in [2.45, 2.75) is 44.4 Å². The van der Waals surface area contributed by atoms with Crippen LogP contribution in [0.5, 0.6) is 0 Å². The molecule has 3 rings (SSSR count). The Morgan fingerprint density at radius 3 is 2.83 bits per heavy atom. The first kappa shape index (κ1) is 21.5. The molecule has 2 N–H and O–H groups in total. The number of carbonyl (C=O) groups is 1. The first-order valence-electron chi connectivity index (χ1n) is 9.77. The van der Waals surface area contributed by atoms with Gasteiger partial charge in [0.05, 0.1) is 12.6 Å². The summed E-state index contributed by atoms with van der Waals surface area (Å²) in [5.74, 6) is -0.373. The molecule has 7 heteroatoms. The molecule has 0 spiro atoms. The fourth-order valence-corrected chi connectivity index (χ4v) is 3.96. The number of amides is 1. The van der Waals surface area contributed by atoms with E-state index in [0.717, 1.165) is 16.9 Å². The number of nitrogens with one attached hydrogen (secondary N) is 1. The van der Waals surface area contributed by atoms with Crippen LogP contribution in [-0.2, 0) is 14.3 Å². The minimum atomic E-state index is -0.521. The van der Waals surface area contributed by atoms with Gasteiger partial charge in [-0.2, -0.15) is 0 Å². The molecule has 1 amide bonds. The van der Waals surface area contributed by atoms with Crippen molar-refractivity contribution in [3.8, 4) is 0 Å². The van der Waals surface area contributed by atoms with Gasteiger partial charge >= 0.3 is 0 Å². The summed E-state index contributed by atoms with van der Waals surface area (Å²) in [6.45, 7) is 2.43. The van der Waals surface area contributed by atoms with Crippen molar-refractivity contribution in [3.63, 3.8) is 0 Å². The van der Waals surface area contributed by atoms with Crippen molar-refractivity contribution >= 4 is 17.2 Å². The predicted molar refractivity (Wildman–Crippen MR) is 110 cm³/mol. The zero-order chi connectivity index (χ0) is 20.6. The van der Waals surface area contributed by atoms with Crippen molar-refractivity contribution in [2.75, 3.05) is 13.2 Å². The number of ether oxygens (including phenoxy) is 2. The van der Waals surface area contributed by atoms with Crippen LogP contribution in [0.4, 0.5) is 4.39 Å². The number of aliphatic hydroxyl groups excluding tert-OH is 1. The second-order valence-electron chi connectivity index (χ2n) is 6.98. The molecule has 0 saturated carbocycles. The predicted octanol–water partition coefficient (Wildman–Crippen LogP) is 4.27. The molecule has 1 aliphatic rings. The summed E-state index contributed by atoms with van der Waals surface area (Å²) in [6, 6.07) is 9.77. The zero-order valence-corrected chi connectivity index (χ0v) is 17.2. The van der Waals surface area contributed by atoms with Gasteiger partial charge in [-0.1, -0.05) is 18.2 Å². The van der Waals surface area contributed by atoms with E-state index in [1.54, 1.807) is 23.5 Å². The highest BCUT2D eigenvalue weighted by Gasteiger charge is 2.29. The minimum Gasteiger partial charge on any atom is -0.459 e. The third kappa shape index (κ3) is 6.13. The molecule has 1 aliphatic heterocycles. The number of thiophene rings is 1. The lowest BCUT2D eigenvalue weighted by Crippen LogP contribution is -2.34. The molecule has 0 fully saturated rings. The molecule has 0 radical (unpaired) electrons. The summed E-state index contributed by atoms with van der Waals surface area (Å²) >= 11 is 1.63. The molecule has 0 bridgehead atoms. The maximum Gasteiger partial charge on any atom is 0.286 e. The van der Waals surface area contributed by atoms with E-state index in [9.17, 15) is 9.18 Å². The molecule has 0 unspecified atom stereocenters. The maximum absolute atomic E-state index is 13.1. The van der Waals surface area contributed by atoms with Gasteiger partial charge in [0.1, 0.15) is 5.82 Å². The van der Waals surface area contributed by atoms with E-state index >= 15 is 0 Å². The lowest BCUT2D eigenvalue weighted by atomic mass is 9.99. The number of hydrogen-bond donors (Lipinski definition) is 2. The first-order valence-corrected chi connectivity index (χ1v) is 10.7. The quantitative estimate of drug-likeness (QED) is 0.596. The standard InChI is InChI=1S/C22H26FNO4S/c1-15(16-6-8-18(23)9-7-16)24-22(26)19-13-17(20-5-4-12-29-20)14-21(28-19)27-11-3-2-10-25/h4-9,12-13,15,17,21,25H,2-3,10-11,14H2,1H3,(H,24,26)/t15-,17-,21+/m0/s1. The number of halogens is 1. The number of aliphatic hydroxyl groups is 1. The molecule has 29 heavy (non-hydrogen) atoms. The Morgan fingerprint density at radius 1 is 1.34 bits per heavy atom. The third-order valence-electron chi connectivity index (χ3n) is 4.76. The Bertz CT molecular complexity index is 807. The highest BCUT2D eigenvalue weighted by Crippen LogP contribution is 2.34. The van der Waals surface area contributed by atoms with Gasteiger partial charge < -0.3 is 19.9 Å². The van der Waals surface area contributed by atoms with E-state index in [-0.39, 0.29) is 36.1 Å². The van der Waals surface area contributed by atoms with Gasteiger partial charge in [-0.05, 0) is 55.0 Å². The molecule has 3 atom stereocenters. The highest BCUT2D eigenvalue weighted by molar-refractivity contribution is 7.10. The third-order valence-corrected chi connectivity index (χ3v) is 5.77. The van der Waals surface area contributed by atoms with Gasteiger partial charge in [-0.25, -0.2) is 4.39 Å². The number of unbranched alkanes of at least 4 members (excludes halogenated alkanes) is 1. The van der Waals surface area contributed by atoms with Gasteiger partial charge in [0.15, 0.2) is 5.76 Å². The van der Waals surface area contributed by atoms with E-state index < -0.39 is 6.29 Å². The summed E-state index contributed by atoms with van der Waals surface area (Å²) in [6.07, 6.45) is 3.34. The van der Waals surface area contributed by atoms with Crippen LogP contribution in [0.1, 0.15) is 48.6 Å². The average Bonchev–Trinajstić information content (AvgIpc) is 3.26. The van der Waals surface area contributed by atoms with Crippen LogP contribution in [0, 0.1) is 5.82 Å². The molecule has 2 heterocycles. The largest absolute Gasteiger partial charge is 0.459 e. The van der Waals surface area contributed by atoms with Gasteiger partial charge in [-0.3, -0.25) is 4.79 Å². The molecule has 156 valence electrons. The second-order valence-corrected chi connectivity index (χ2v) is 7.96. The Kier molecular flexibility index (Phi) is 7.80. The molecule has 2 aromatic rings. The Labute approximate surface area is 174 Å². The molecule has 1 aromatic carbocycles. The van der Waals surface area contributed by atoms with E-state index in [4.69, 9.17) is 14.6 Å². The smallest absolute Gasteiger partial charge is 0.286 e. The van der Waals surface area contributed by atoms with Gasteiger partial charge in [0.2, 0.25) is 6.29 Å². The van der Waals surface area contributed by atoms with Crippen molar-refractivity contribution in [1.82, 2.24) is 5.32 Å². The number of carbonyl (C=O) groups excluding carboxylic acids is 1. The van der Waals surface area contributed by atoms with E-state index in [1.165, 1.54) is 12.1 Å². The Morgan fingerprint density at radius 2 is 2.14 bits per heavy atom. The highest BCUT2D eigenvalue weighted by atomic mass is 32.1. The number of rotatable bonds is 9. The fraction of sp³-hybridized carbons (Fsp3) is 0.409. The van der Waals surface area contributed by atoms with E-state index in [2.05, 4.69) is 5.32 Å². The van der Waals surface area contributed by atoms with Crippen LogP contribution >= 0.6 is 11.3 Å². The SMILES string of the molecule is C[C@H](NC(=O)C1=C[C@H](c2cccs2)C[C@H](OCCCCO)O1)c1ccc(F)cc1. The average molecular weight is 420 g/mol. The second kappa shape index (κ2) is 10.5. The van der Waals surface area contributed by atoms with Crippen LogP contribution in [0.3, 0.4) is 0 Å². The van der Waals surface area contributed by atoms with Crippen molar-refractivity contribution in [2.24, 2.45) is 0 Å². The lowest BCUT2D eigenvalue weighted by Gasteiger charge is -2.29. The molecule has 0 aliphatic carbocycles. The topological polar surface area (TPSA) is 67.8 Å². The fourth-order valence-electron chi connectivity index (χ4n) is 3.15. The molecule has 0 saturated heterocycles. The molecule has 5 nitrogen and oxygen atoms in total. The van der Waals surface area contributed by atoms with Crippen LogP contribution in [0.25, 0.3) is 0 Å². The lowest BCUT2D eigenvalue weighted by molar-refractivity contribution is -0.146. The van der Waals surface area contributed by atoms with Crippen molar-refractivity contribution in [1.29, 1.82) is 0 Å². The summed E-state index contributed by atoms with van der Waals surface area (Å²) in [7, 11) is 0. The van der Waals surface area contributed by atoms with Crippen LogP contribution < -0.4 is 5.32 Å². The summed E-state index contributed by atoms with van der Waals surface area (Å²) in [5, 5.41) is 13.8. The van der Waals surface area contributed by atoms with Gasteiger partial charge in [0.25, 0.3) is 5.91 Å². The van der Waals surface area contributed by atoms with E-state index in [0.29, 0.717) is 19.4 Å². The Hall–Kier alpha value is -2.22.